The molecule has 318 valence electrons. The number of aliphatic hydroxyl groups is 3. The molecule has 0 spiro atoms. The number of thiazole rings is 1. The number of likely N-dealkylation sites (tertiary alicyclic amines) is 1. The predicted octanol–water partition coefficient (Wildman–Crippen LogP) is 8.22. The number of nitrogens with one attached hydrogen (secondary N) is 3. The highest BCUT2D eigenvalue weighted by atomic mass is 32.1. The van der Waals surface area contributed by atoms with E-state index < -0.39 is 6.10 Å². The number of para-hydroxylation sites is 1. The molecule has 2 aromatic heterocycles. The molecule has 4 heterocycles. The van der Waals surface area contributed by atoms with E-state index in [1.165, 1.54) is 37.0 Å². The Hall–Kier alpha value is -4.30. The minimum Gasteiger partial charge on any atom is -0.513 e. The molecular weight excluding hydrogens is 759 g/mol. The van der Waals surface area contributed by atoms with E-state index in [4.69, 9.17) is 15.9 Å². The number of rotatable bonds is 14. The molecular formula is C46H65N9O3S. The van der Waals surface area contributed by atoms with Gasteiger partial charge in [0.25, 0.3) is 0 Å². The lowest BCUT2D eigenvalue weighted by Crippen LogP contribution is -2.53. The largest absolute Gasteiger partial charge is 0.513 e. The molecule has 8 N–H and O–H groups in total. The Kier molecular flexibility index (Phi) is 12.3. The Balaban J connectivity index is 1.08. The molecule has 2 bridgehead atoms. The normalized spacial score (nSPS) is 26.4. The number of aliphatic imine (C=N–C) groups is 1. The van der Waals surface area contributed by atoms with Crippen LogP contribution in [0.15, 0.2) is 76.5 Å². The van der Waals surface area contributed by atoms with Crippen molar-refractivity contribution < 1.29 is 15.3 Å². The zero-order valence-electron chi connectivity index (χ0n) is 35.9. The summed E-state index contributed by atoms with van der Waals surface area (Å²) in [5, 5.41) is 51.4. The number of allylic oxidation sites excluding steroid dienone is 3. The standard InChI is InChI=1S/C46H65N9O3S/c1-30(40(47)53-42-52-36-12-7-8-13-38(36)59-42)33-11-9-20-54(41(33)48)39-15-14-34(37(23-57)51-39)35-21-50-55(31(35)2)29-46-26-43(3,4)24-45(28-46,25-44(5,6)27-46)17-10-18-49-19-16-32(58)22-56/h7-8,12-15,21,23,32,48-49,51,56-58H,9-11,16-20,22,24-29H2,1-6H3,(H2,47,52,53)/b33-30-,37-23+,48-41?. The monoisotopic (exact) mass is 823 g/mol. The molecule has 59 heavy (non-hydrogen) atoms. The number of nitrogens with two attached hydrogens (primary N) is 1. The Labute approximate surface area is 353 Å². The van der Waals surface area contributed by atoms with Gasteiger partial charge >= 0.3 is 0 Å². The molecule has 1 aromatic carbocycles. The second-order valence-corrected chi connectivity index (χ2v) is 20.5. The maximum absolute atomic E-state index is 10.6. The van der Waals surface area contributed by atoms with Gasteiger partial charge in [0.2, 0.25) is 5.13 Å². The van der Waals surface area contributed by atoms with Gasteiger partial charge in [0.1, 0.15) is 23.8 Å². The summed E-state index contributed by atoms with van der Waals surface area (Å²) in [6.45, 7) is 16.9. The number of nitrogens with zero attached hydrogens (tertiary/aromatic N) is 5. The van der Waals surface area contributed by atoms with Gasteiger partial charge in [0.05, 0.1) is 34.8 Å². The number of benzene rings is 1. The summed E-state index contributed by atoms with van der Waals surface area (Å²) in [5.74, 6) is 1.45. The lowest BCUT2D eigenvalue weighted by Gasteiger charge is -2.62. The highest BCUT2D eigenvalue weighted by molar-refractivity contribution is 7.22. The molecule has 13 heteroatoms. The van der Waals surface area contributed by atoms with E-state index >= 15 is 0 Å². The number of hydrogen-bond donors (Lipinski definition) is 7. The van der Waals surface area contributed by atoms with Crippen LogP contribution in [0.3, 0.4) is 0 Å². The molecule has 7 rings (SSSR count). The first-order valence-electron chi connectivity index (χ1n) is 21.4. The minimum absolute atomic E-state index is 0.110. The Morgan fingerprint density at radius 1 is 1.08 bits per heavy atom. The molecule has 1 saturated heterocycles. The van der Waals surface area contributed by atoms with Crippen LogP contribution in [0.5, 0.6) is 0 Å². The Morgan fingerprint density at radius 3 is 2.53 bits per heavy atom. The van der Waals surface area contributed by atoms with Crippen LogP contribution < -0.4 is 16.4 Å². The van der Waals surface area contributed by atoms with E-state index in [0.29, 0.717) is 42.0 Å². The fourth-order valence-corrected chi connectivity index (χ4v) is 12.6. The fourth-order valence-electron chi connectivity index (χ4n) is 11.7. The van der Waals surface area contributed by atoms with Crippen molar-refractivity contribution in [3.05, 3.63) is 82.8 Å². The van der Waals surface area contributed by atoms with Crippen molar-refractivity contribution in [1.29, 1.82) is 5.41 Å². The van der Waals surface area contributed by atoms with Crippen LogP contribution in [0.25, 0.3) is 15.8 Å². The van der Waals surface area contributed by atoms with Crippen LogP contribution in [0.2, 0.25) is 0 Å². The summed E-state index contributed by atoms with van der Waals surface area (Å²) >= 11 is 1.49. The van der Waals surface area contributed by atoms with Crippen LogP contribution in [0, 0.1) is 34.0 Å². The van der Waals surface area contributed by atoms with E-state index in [1.807, 2.05) is 54.4 Å². The summed E-state index contributed by atoms with van der Waals surface area (Å²) in [7, 11) is 0. The SMILES string of the molecule is CC(=C1\CCCN(C2=CC=C(c3cnn(CC45CC(C)(C)CC(CCCNCCC(O)CO)(CC(C)(C)C4)C5)c3C)/C(=C\O)N2)C1=N)/C(N)=N\c1nc2ccccc2s1. The smallest absolute Gasteiger partial charge is 0.212 e. The molecule has 0 amide bonds. The van der Waals surface area contributed by atoms with Crippen molar-refractivity contribution in [2.45, 2.75) is 118 Å². The van der Waals surface area contributed by atoms with Crippen molar-refractivity contribution in [3.8, 4) is 0 Å². The van der Waals surface area contributed by atoms with Crippen LogP contribution in [0.1, 0.15) is 110 Å². The number of fused-ring (bicyclic) bond motifs is 3. The quantitative estimate of drug-likeness (QED) is 0.0365. The molecule has 4 aliphatic rings. The number of hydrogen-bond acceptors (Lipinski definition) is 10. The molecule has 3 aromatic rings. The number of aliphatic hydroxyl groups excluding tert-OH is 3. The predicted molar refractivity (Wildman–Crippen MR) is 239 cm³/mol. The molecule has 2 aliphatic carbocycles. The lowest BCUT2D eigenvalue weighted by atomic mass is 9.43. The van der Waals surface area contributed by atoms with E-state index in [9.17, 15) is 15.6 Å². The van der Waals surface area contributed by atoms with Gasteiger partial charge in [0, 0.05) is 35.5 Å². The zero-order chi connectivity index (χ0) is 42.2. The van der Waals surface area contributed by atoms with Gasteiger partial charge in [0.15, 0.2) is 0 Å². The second kappa shape index (κ2) is 17.0. The summed E-state index contributed by atoms with van der Waals surface area (Å²) in [6.07, 6.45) is 16.8. The second-order valence-electron chi connectivity index (χ2n) is 19.5. The van der Waals surface area contributed by atoms with Crippen molar-refractivity contribution in [3.63, 3.8) is 0 Å². The van der Waals surface area contributed by atoms with Crippen LogP contribution in [-0.4, -0.2) is 79.0 Å². The van der Waals surface area contributed by atoms with Crippen LogP contribution in [-0.2, 0) is 6.54 Å². The molecule has 3 fully saturated rings. The first-order chi connectivity index (χ1) is 28.0. The van der Waals surface area contributed by atoms with Crippen LogP contribution >= 0.6 is 11.3 Å². The maximum atomic E-state index is 10.6. The topological polar surface area (TPSA) is 181 Å². The fraction of sp³-hybridized carbons (Fsp3) is 0.565. The highest BCUT2D eigenvalue weighted by Gasteiger charge is 2.57. The number of amidine groups is 2. The number of aromatic nitrogens is 3. The summed E-state index contributed by atoms with van der Waals surface area (Å²) in [6, 6.07) is 7.93. The van der Waals surface area contributed by atoms with Gasteiger partial charge in [-0.25, -0.2) is 9.98 Å². The first kappa shape index (κ1) is 42.8. The molecule has 1 unspecified atom stereocenters. The third kappa shape index (κ3) is 9.38. The van der Waals surface area contributed by atoms with Gasteiger partial charge < -0.3 is 36.6 Å². The zero-order valence-corrected chi connectivity index (χ0v) is 36.7. The Morgan fingerprint density at radius 2 is 1.81 bits per heavy atom. The average molecular weight is 824 g/mol. The summed E-state index contributed by atoms with van der Waals surface area (Å²) in [5.41, 5.74) is 13.3. The van der Waals surface area contributed by atoms with E-state index in [1.54, 1.807) is 0 Å². The van der Waals surface area contributed by atoms with E-state index in [0.717, 1.165) is 95.5 Å². The molecule has 1 atom stereocenters. The summed E-state index contributed by atoms with van der Waals surface area (Å²) < 4.78 is 3.27. The third-order valence-electron chi connectivity index (χ3n) is 13.0. The highest BCUT2D eigenvalue weighted by Crippen LogP contribution is 2.67. The van der Waals surface area contributed by atoms with Crippen molar-refractivity contribution >= 4 is 43.9 Å². The van der Waals surface area contributed by atoms with Crippen molar-refractivity contribution in [2.24, 2.45) is 32.4 Å². The lowest BCUT2D eigenvalue weighted by molar-refractivity contribution is -0.122. The van der Waals surface area contributed by atoms with E-state index in [2.05, 4.69) is 59.9 Å². The minimum atomic E-state index is -0.655. The summed E-state index contributed by atoms with van der Waals surface area (Å²) in [4.78, 5) is 11.2. The van der Waals surface area contributed by atoms with Gasteiger partial charge in [-0.15, -0.1) is 0 Å². The first-order valence-corrected chi connectivity index (χ1v) is 22.2. The molecule has 2 saturated carbocycles. The van der Waals surface area contributed by atoms with Gasteiger partial charge in [-0.1, -0.05) is 51.2 Å². The Bertz CT molecular complexity index is 2150. The van der Waals surface area contributed by atoms with E-state index in [-0.39, 0.29) is 28.3 Å². The molecule has 2 aliphatic heterocycles. The molecule has 0 radical (unpaired) electrons. The molecule has 12 nitrogen and oxygen atoms in total. The van der Waals surface area contributed by atoms with Gasteiger partial charge in [-0.3, -0.25) is 10.1 Å². The number of dihydropyridines is 1. The van der Waals surface area contributed by atoms with Crippen molar-refractivity contribution in [2.75, 3.05) is 26.2 Å². The average Bonchev–Trinajstić information content (AvgIpc) is 3.75. The number of piperidine rings is 1. The van der Waals surface area contributed by atoms with Gasteiger partial charge in [-0.2, -0.15) is 5.10 Å². The maximum Gasteiger partial charge on any atom is 0.212 e. The third-order valence-corrected chi connectivity index (χ3v) is 14.0. The van der Waals surface area contributed by atoms with Gasteiger partial charge in [-0.05, 0) is 143 Å². The van der Waals surface area contributed by atoms with Crippen molar-refractivity contribution in [1.82, 2.24) is 30.3 Å². The van der Waals surface area contributed by atoms with Crippen LogP contribution in [0.4, 0.5) is 5.13 Å².